The highest BCUT2D eigenvalue weighted by molar-refractivity contribution is 7.08. The highest BCUT2D eigenvalue weighted by atomic mass is 32.1. The molecule has 1 N–H and O–H groups in total. The van der Waals surface area contributed by atoms with Gasteiger partial charge in [0.05, 0.1) is 25.2 Å². The van der Waals surface area contributed by atoms with Crippen LogP contribution in [0.1, 0.15) is 36.8 Å². The van der Waals surface area contributed by atoms with E-state index in [2.05, 4.69) is 22.3 Å². The second kappa shape index (κ2) is 9.28. The number of thiophene rings is 1. The lowest BCUT2D eigenvalue weighted by Crippen LogP contribution is -2.45. The van der Waals surface area contributed by atoms with E-state index in [1.54, 1.807) is 18.4 Å². The van der Waals surface area contributed by atoms with Crippen molar-refractivity contribution in [3.63, 3.8) is 0 Å². The smallest absolute Gasteiger partial charge is 0.224 e. The van der Waals surface area contributed by atoms with Crippen LogP contribution in [0.5, 0.6) is 5.75 Å². The maximum atomic E-state index is 12.1. The Bertz CT molecular complexity index is 800. The van der Waals surface area contributed by atoms with E-state index in [1.807, 2.05) is 29.0 Å². The van der Waals surface area contributed by atoms with Gasteiger partial charge in [0, 0.05) is 31.7 Å². The molecule has 0 saturated carbocycles. The third-order valence-corrected chi connectivity index (χ3v) is 6.90. The standard InChI is InChI=1S/C23H30N2O3S/c1-27-21-5-3-2-4-19(21)16-25-11-9-23(10-12-25)8-6-20(28-23)15-24-22(26)14-18-7-13-29-17-18/h2-5,7,13,17,20H,6,8-12,14-16H2,1H3,(H,24,26). The number of likely N-dealkylation sites (tertiary alicyclic amines) is 1. The number of benzene rings is 1. The number of amides is 1. The van der Waals surface area contributed by atoms with Crippen LogP contribution in [0.3, 0.4) is 0 Å². The Hall–Kier alpha value is -1.89. The van der Waals surface area contributed by atoms with Crippen LogP contribution in [0, 0.1) is 0 Å². The molecular formula is C23H30N2O3S. The molecule has 1 atom stereocenters. The van der Waals surface area contributed by atoms with Gasteiger partial charge in [-0.05, 0) is 54.1 Å². The Morgan fingerprint density at radius 1 is 1.28 bits per heavy atom. The molecule has 0 bridgehead atoms. The molecule has 1 spiro atoms. The van der Waals surface area contributed by atoms with E-state index >= 15 is 0 Å². The molecular weight excluding hydrogens is 384 g/mol. The van der Waals surface area contributed by atoms with Gasteiger partial charge in [-0.15, -0.1) is 0 Å². The van der Waals surface area contributed by atoms with E-state index < -0.39 is 0 Å². The lowest BCUT2D eigenvalue weighted by molar-refractivity contribution is -0.122. The van der Waals surface area contributed by atoms with E-state index in [1.165, 1.54) is 5.56 Å². The molecule has 1 aromatic carbocycles. The number of hydrogen-bond acceptors (Lipinski definition) is 5. The first kappa shape index (κ1) is 20.4. The highest BCUT2D eigenvalue weighted by Gasteiger charge is 2.42. The molecule has 1 unspecified atom stereocenters. The first-order valence-corrected chi connectivity index (χ1v) is 11.4. The average Bonchev–Trinajstić information content (AvgIpc) is 3.39. The molecule has 2 aliphatic rings. The number of nitrogens with one attached hydrogen (secondary N) is 1. The van der Waals surface area contributed by atoms with Crippen molar-refractivity contribution in [1.29, 1.82) is 0 Å². The minimum absolute atomic E-state index is 0.0000262. The van der Waals surface area contributed by atoms with Gasteiger partial charge in [-0.25, -0.2) is 0 Å². The highest BCUT2D eigenvalue weighted by Crippen LogP contribution is 2.39. The maximum Gasteiger partial charge on any atom is 0.224 e. The van der Waals surface area contributed by atoms with E-state index in [0.717, 1.165) is 56.6 Å². The number of methoxy groups -OCH3 is 1. The van der Waals surface area contributed by atoms with Crippen molar-refractivity contribution in [2.45, 2.75) is 50.4 Å². The molecule has 156 valence electrons. The van der Waals surface area contributed by atoms with Crippen molar-refractivity contribution in [1.82, 2.24) is 10.2 Å². The van der Waals surface area contributed by atoms with Gasteiger partial charge in [-0.2, -0.15) is 11.3 Å². The fourth-order valence-electron chi connectivity index (χ4n) is 4.47. The van der Waals surface area contributed by atoms with Gasteiger partial charge in [-0.3, -0.25) is 9.69 Å². The second-order valence-corrected chi connectivity index (χ2v) is 8.94. The molecule has 1 amide bonds. The van der Waals surface area contributed by atoms with Crippen molar-refractivity contribution in [2.24, 2.45) is 0 Å². The lowest BCUT2D eigenvalue weighted by atomic mass is 9.88. The van der Waals surface area contributed by atoms with Crippen LogP contribution in [0.2, 0.25) is 0 Å². The van der Waals surface area contributed by atoms with Crippen molar-refractivity contribution in [2.75, 3.05) is 26.7 Å². The molecule has 5 nitrogen and oxygen atoms in total. The van der Waals surface area contributed by atoms with Crippen LogP contribution in [0.25, 0.3) is 0 Å². The monoisotopic (exact) mass is 414 g/mol. The summed E-state index contributed by atoms with van der Waals surface area (Å²) in [5, 5.41) is 7.09. The zero-order chi connectivity index (χ0) is 20.1. The molecule has 2 aliphatic heterocycles. The van der Waals surface area contributed by atoms with Gasteiger partial charge >= 0.3 is 0 Å². The summed E-state index contributed by atoms with van der Waals surface area (Å²) in [6, 6.07) is 10.3. The molecule has 2 aromatic rings. The van der Waals surface area contributed by atoms with E-state index in [9.17, 15) is 4.79 Å². The van der Waals surface area contributed by atoms with Crippen LogP contribution in [-0.4, -0.2) is 49.3 Å². The van der Waals surface area contributed by atoms with Gasteiger partial charge in [0.25, 0.3) is 0 Å². The van der Waals surface area contributed by atoms with E-state index in [-0.39, 0.29) is 17.6 Å². The largest absolute Gasteiger partial charge is 0.496 e. The number of nitrogens with zero attached hydrogens (tertiary/aromatic N) is 1. The lowest BCUT2D eigenvalue weighted by Gasteiger charge is -2.39. The first-order valence-electron chi connectivity index (χ1n) is 10.5. The summed E-state index contributed by atoms with van der Waals surface area (Å²) < 4.78 is 11.9. The van der Waals surface area contributed by atoms with Crippen molar-refractivity contribution >= 4 is 17.2 Å². The SMILES string of the molecule is COc1ccccc1CN1CCC2(CCC(CNC(=O)Cc3ccsc3)O2)CC1. The number of hydrogen-bond donors (Lipinski definition) is 1. The van der Waals surface area contributed by atoms with Crippen molar-refractivity contribution in [3.8, 4) is 5.75 Å². The molecule has 3 heterocycles. The van der Waals surface area contributed by atoms with Crippen molar-refractivity contribution < 1.29 is 14.3 Å². The summed E-state index contributed by atoms with van der Waals surface area (Å²) >= 11 is 1.63. The third-order valence-electron chi connectivity index (χ3n) is 6.16. The zero-order valence-electron chi connectivity index (χ0n) is 17.1. The molecule has 6 heteroatoms. The fraction of sp³-hybridized carbons (Fsp3) is 0.522. The van der Waals surface area contributed by atoms with Gasteiger partial charge in [0.2, 0.25) is 5.91 Å². The van der Waals surface area contributed by atoms with Crippen LogP contribution < -0.4 is 10.1 Å². The number of piperidine rings is 1. The van der Waals surface area contributed by atoms with Crippen LogP contribution in [0.15, 0.2) is 41.1 Å². The minimum atomic E-state index is 0.0000262. The molecule has 29 heavy (non-hydrogen) atoms. The fourth-order valence-corrected chi connectivity index (χ4v) is 5.14. The number of ether oxygens (including phenoxy) is 2. The van der Waals surface area contributed by atoms with Crippen LogP contribution >= 0.6 is 11.3 Å². The average molecular weight is 415 g/mol. The van der Waals surface area contributed by atoms with Gasteiger partial charge in [0.1, 0.15) is 5.75 Å². The van der Waals surface area contributed by atoms with Crippen molar-refractivity contribution in [3.05, 3.63) is 52.2 Å². The topological polar surface area (TPSA) is 50.8 Å². The third kappa shape index (κ3) is 5.18. The molecule has 0 aliphatic carbocycles. The Labute approximate surface area is 177 Å². The second-order valence-electron chi connectivity index (χ2n) is 8.16. The Morgan fingerprint density at radius 3 is 2.86 bits per heavy atom. The van der Waals surface area contributed by atoms with Gasteiger partial charge in [0.15, 0.2) is 0 Å². The van der Waals surface area contributed by atoms with E-state index in [4.69, 9.17) is 9.47 Å². The van der Waals surface area contributed by atoms with Crippen LogP contribution in [0.4, 0.5) is 0 Å². The van der Waals surface area contributed by atoms with Gasteiger partial charge in [-0.1, -0.05) is 18.2 Å². The predicted molar refractivity (Wildman–Crippen MR) is 115 cm³/mol. The minimum Gasteiger partial charge on any atom is -0.496 e. The molecule has 2 fully saturated rings. The zero-order valence-corrected chi connectivity index (χ0v) is 17.9. The molecule has 4 rings (SSSR count). The number of para-hydroxylation sites is 1. The molecule has 1 aromatic heterocycles. The Kier molecular flexibility index (Phi) is 6.53. The summed E-state index contributed by atoms with van der Waals surface area (Å²) in [7, 11) is 1.73. The number of carbonyl (C=O) groups excluding carboxylic acids is 1. The van der Waals surface area contributed by atoms with E-state index in [0.29, 0.717) is 13.0 Å². The Balaban J connectivity index is 1.21. The summed E-state index contributed by atoms with van der Waals surface area (Å²) in [5.41, 5.74) is 2.32. The summed E-state index contributed by atoms with van der Waals surface area (Å²) in [4.78, 5) is 14.6. The van der Waals surface area contributed by atoms with Crippen LogP contribution in [-0.2, 0) is 22.5 Å². The molecule has 0 radical (unpaired) electrons. The summed E-state index contributed by atoms with van der Waals surface area (Å²) in [6.45, 7) is 3.61. The van der Waals surface area contributed by atoms with Gasteiger partial charge < -0.3 is 14.8 Å². The Morgan fingerprint density at radius 2 is 2.10 bits per heavy atom. The first-order chi connectivity index (χ1) is 14.2. The quantitative estimate of drug-likeness (QED) is 0.752. The number of rotatable bonds is 7. The normalized spacial score (nSPS) is 21.3. The number of carbonyl (C=O) groups is 1. The summed E-state index contributed by atoms with van der Waals surface area (Å²) in [5.74, 6) is 1.04. The maximum absolute atomic E-state index is 12.1. The molecule has 2 saturated heterocycles. The predicted octanol–water partition coefficient (Wildman–Crippen LogP) is 3.63. The summed E-state index contributed by atoms with van der Waals surface area (Å²) in [6.07, 6.45) is 4.84.